The predicted octanol–water partition coefficient (Wildman–Crippen LogP) is 3.21. The van der Waals surface area contributed by atoms with E-state index in [1.165, 1.54) is 5.56 Å². The molecule has 0 unspecified atom stereocenters. The van der Waals surface area contributed by atoms with E-state index in [1.54, 1.807) is 0 Å². The molecule has 1 saturated heterocycles. The number of benzene rings is 1. The Morgan fingerprint density at radius 1 is 0.960 bits per heavy atom. The molecule has 1 aromatic rings. The molecule has 4 heteroatoms. The summed E-state index contributed by atoms with van der Waals surface area (Å²) in [7, 11) is 0. The molecule has 25 heavy (non-hydrogen) atoms. The summed E-state index contributed by atoms with van der Waals surface area (Å²) in [6.07, 6.45) is 6.10. The van der Waals surface area contributed by atoms with E-state index >= 15 is 0 Å². The second kappa shape index (κ2) is 6.81. The quantitative estimate of drug-likeness (QED) is 0.915. The second-order valence-electron chi connectivity index (χ2n) is 8.18. The van der Waals surface area contributed by atoms with E-state index in [-0.39, 0.29) is 17.7 Å². The Hall–Kier alpha value is -1.84. The molecule has 2 bridgehead atoms. The highest BCUT2D eigenvalue weighted by atomic mass is 16.4. The Bertz CT molecular complexity index is 636. The van der Waals surface area contributed by atoms with Gasteiger partial charge in [0.1, 0.15) is 0 Å². The van der Waals surface area contributed by atoms with Gasteiger partial charge in [-0.1, -0.05) is 30.3 Å². The van der Waals surface area contributed by atoms with Crippen LogP contribution in [0.2, 0.25) is 0 Å². The van der Waals surface area contributed by atoms with Crippen molar-refractivity contribution < 1.29 is 14.7 Å². The van der Waals surface area contributed by atoms with E-state index in [0.29, 0.717) is 11.8 Å². The van der Waals surface area contributed by atoms with Gasteiger partial charge in [-0.05, 0) is 61.8 Å². The lowest BCUT2D eigenvalue weighted by molar-refractivity contribution is -0.153. The first-order valence-electron chi connectivity index (χ1n) is 9.69. The number of carbonyl (C=O) groups excluding carboxylic acids is 1. The number of hydrogen-bond donors (Lipinski definition) is 1. The van der Waals surface area contributed by atoms with Crippen molar-refractivity contribution in [1.82, 2.24) is 4.90 Å². The van der Waals surface area contributed by atoms with Crippen LogP contribution >= 0.6 is 0 Å². The summed E-state index contributed by atoms with van der Waals surface area (Å²) in [6, 6.07) is 10.5. The van der Waals surface area contributed by atoms with Crippen LogP contribution in [0.1, 0.15) is 37.7 Å². The molecule has 1 aromatic carbocycles. The summed E-state index contributed by atoms with van der Waals surface area (Å²) in [4.78, 5) is 26.7. The Balaban J connectivity index is 1.36. The van der Waals surface area contributed by atoms with Gasteiger partial charge in [0.2, 0.25) is 5.91 Å². The monoisotopic (exact) mass is 341 g/mol. The van der Waals surface area contributed by atoms with Crippen LogP contribution in [-0.4, -0.2) is 35.0 Å². The van der Waals surface area contributed by atoms with Crippen molar-refractivity contribution in [3.8, 4) is 0 Å². The molecular formula is C21H27NO3. The van der Waals surface area contributed by atoms with Crippen LogP contribution < -0.4 is 0 Å². The van der Waals surface area contributed by atoms with Crippen molar-refractivity contribution in [3.05, 3.63) is 35.9 Å². The fourth-order valence-electron chi connectivity index (χ4n) is 5.52. The molecule has 1 heterocycles. The first-order valence-corrected chi connectivity index (χ1v) is 9.69. The number of carboxylic acids is 1. The highest BCUT2D eigenvalue weighted by Crippen LogP contribution is 2.53. The first-order chi connectivity index (χ1) is 12.1. The van der Waals surface area contributed by atoms with Crippen molar-refractivity contribution in [2.45, 2.75) is 38.5 Å². The molecule has 1 N–H and O–H groups in total. The molecule has 134 valence electrons. The van der Waals surface area contributed by atoms with E-state index in [2.05, 4.69) is 24.3 Å². The van der Waals surface area contributed by atoms with Crippen LogP contribution in [0.4, 0.5) is 0 Å². The third-order valence-corrected chi connectivity index (χ3v) is 6.78. The Labute approximate surface area is 149 Å². The maximum atomic E-state index is 13.0. The molecule has 1 amide bonds. The van der Waals surface area contributed by atoms with E-state index in [4.69, 9.17) is 0 Å². The molecule has 0 aromatic heterocycles. The number of carboxylic acid groups (broad SMARTS) is 1. The largest absolute Gasteiger partial charge is 0.481 e. The molecule has 3 aliphatic rings. The third-order valence-electron chi connectivity index (χ3n) is 6.78. The van der Waals surface area contributed by atoms with E-state index in [1.807, 2.05) is 11.0 Å². The van der Waals surface area contributed by atoms with Gasteiger partial charge in [0.15, 0.2) is 0 Å². The summed E-state index contributed by atoms with van der Waals surface area (Å²) in [6.45, 7) is 1.58. The van der Waals surface area contributed by atoms with Gasteiger partial charge in [-0.2, -0.15) is 0 Å². The minimum absolute atomic E-state index is 0.123. The number of amides is 1. The molecule has 4 nitrogen and oxygen atoms in total. The van der Waals surface area contributed by atoms with Crippen LogP contribution in [0.3, 0.4) is 0 Å². The van der Waals surface area contributed by atoms with Gasteiger partial charge in [-0.15, -0.1) is 0 Å². The van der Waals surface area contributed by atoms with Crippen molar-refractivity contribution in [1.29, 1.82) is 0 Å². The molecule has 2 aliphatic carbocycles. The van der Waals surface area contributed by atoms with Crippen molar-refractivity contribution >= 4 is 11.9 Å². The van der Waals surface area contributed by atoms with Gasteiger partial charge in [0.05, 0.1) is 11.8 Å². The molecule has 3 fully saturated rings. The van der Waals surface area contributed by atoms with Crippen molar-refractivity contribution in [2.24, 2.45) is 29.6 Å². The van der Waals surface area contributed by atoms with Crippen LogP contribution in [-0.2, 0) is 16.0 Å². The number of hydrogen-bond acceptors (Lipinski definition) is 2. The number of rotatable bonds is 4. The fourth-order valence-corrected chi connectivity index (χ4v) is 5.52. The molecule has 4 rings (SSSR count). The van der Waals surface area contributed by atoms with Gasteiger partial charge in [0, 0.05) is 13.1 Å². The topological polar surface area (TPSA) is 57.6 Å². The molecular weight excluding hydrogens is 314 g/mol. The smallest absolute Gasteiger partial charge is 0.307 e. The third kappa shape index (κ3) is 3.19. The predicted molar refractivity (Wildman–Crippen MR) is 94.9 cm³/mol. The number of nitrogens with zero attached hydrogens (tertiary/aromatic N) is 1. The van der Waals surface area contributed by atoms with Crippen LogP contribution in [0.5, 0.6) is 0 Å². The van der Waals surface area contributed by atoms with Crippen LogP contribution in [0, 0.1) is 29.6 Å². The standard InChI is InChI=1S/C21H27NO3/c23-20(18-16-6-7-17(13-16)19(18)21(24)25)22-10-8-15(9-11-22)12-14-4-2-1-3-5-14/h1-5,15-19H,6-13H2,(H,24,25)/t16-,17-,18-,19-/m0/s1. The zero-order valence-electron chi connectivity index (χ0n) is 14.6. The summed E-state index contributed by atoms with van der Waals surface area (Å²) < 4.78 is 0. The van der Waals surface area contributed by atoms with Gasteiger partial charge in [0.25, 0.3) is 0 Å². The lowest BCUT2D eigenvalue weighted by Crippen LogP contribution is -2.46. The fraction of sp³-hybridized carbons (Fsp3) is 0.619. The summed E-state index contributed by atoms with van der Waals surface area (Å²) in [5.41, 5.74) is 1.37. The maximum Gasteiger partial charge on any atom is 0.307 e. The second-order valence-corrected chi connectivity index (χ2v) is 8.18. The van der Waals surface area contributed by atoms with E-state index in [9.17, 15) is 14.7 Å². The van der Waals surface area contributed by atoms with Crippen molar-refractivity contribution in [3.63, 3.8) is 0 Å². The van der Waals surface area contributed by atoms with Crippen LogP contribution in [0.15, 0.2) is 30.3 Å². The summed E-state index contributed by atoms with van der Waals surface area (Å²) in [5.74, 6) is -0.174. The maximum absolute atomic E-state index is 13.0. The summed E-state index contributed by atoms with van der Waals surface area (Å²) >= 11 is 0. The van der Waals surface area contributed by atoms with E-state index < -0.39 is 11.9 Å². The number of piperidine rings is 1. The Morgan fingerprint density at radius 3 is 2.24 bits per heavy atom. The summed E-state index contributed by atoms with van der Waals surface area (Å²) in [5, 5.41) is 9.59. The lowest BCUT2D eigenvalue weighted by Gasteiger charge is -2.37. The number of likely N-dealkylation sites (tertiary alicyclic amines) is 1. The zero-order valence-corrected chi connectivity index (χ0v) is 14.6. The van der Waals surface area contributed by atoms with E-state index in [0.717, 1.165) is 51.6 Å². The Morgan fingerprint density at radius 2 is 1.60 bits per heavy atom. The highest BCUT2D eigenvalue weighted by molar-refractivity contribution is 5.86. The van der Waals surface area contributed by atoms with Gasteiger partial charge in [-0.25, -0.2) is 0 Å². The number of carbonyl (C=O) groups is 2. The minimum Gasteiger partial charge on any atom is -0.481 e. The van der Waals surface area contributed by atoms with Crippen LogP contribution in [0.25, 0.3) is 0 Å². The number of aliphatic carboxylic acids is 1. The number of fused-ring (bicyclic) bond motifs is 2. The average molecular weight is 341 g/mol. The normalized spacial score (nSPS) is 32.1. The average Bonchev–Trinajstić information content (AvgIpc) is 3.24. The lowest BCUT2D eigenvalue weighted by atomic mass is 9.78. The zero-order chi connectivity index (χ0) is 17.4. The molecule has 1 aliphatic heterocycles. The molecule has 0 radical (unpaired) electrons. The minimum atomic E-state index is -0.760. The van der Waals surface area contributed by atoms with Gasteiger partial charge >= 0.3 is 5.97 Å². The van der Waals surface area contributed by atoms with Gasteiger partial charge in [-0.3, -0.25) is 9.59 Å². The Kier molecular flexibility index (Phi) is 4.53. The SMILES string of the molecule is O=C(O)[C@H]1[C@H]2CC[C@@H](C2)[C@@H]1C(=O)N1CCC(Cc2ccccc2)CC1. The first kappa shape index (κ1) is 16.6. The molecule has 2 saturated carbocycles. The van der Waals surface area contributed by atoms with Crippen molar-refractivity contribution in [2.75, 3.05) is 13.1 Å². The molecule has 0 spiro atoms. The highest BCUT2D eigenvalue weighted by Gasteiger charge is 2.54. The van der Waals surface area contributed by atoms with Gasteiger partial charge < -0.3 is 10.0 Å². The molecule has 4 atom stereocenters.